The molecule has 0 spiro atoms. The molecule has 1 atom stereocenters. The van der Waals surface area contributed by atoms with Gasteiger partial charge in [0.2, 0.25) is 6.79 Å². The minimum absolute atomic E-state index is 0.0955. The zero-order valence-electron chi connectivity index (χ0n) is 11.9. The lowest BCUT2D eigenvalue weighted by atomic mass is 9.88. The molecule has 106 valence electrons. The zero-order valence-corrected chi connectivity index (χ0v) is 11.9. The Labute approximate surface area is 114 Å². The van der Waals surface area contributed by atoms with Crippen LogP contribution in [-0.4, -0.2) is 24.5 Å². The van der Waals surface area contributed by atoms with Crippen LogP contribution in [0, 0.1) is 5.41 Å². The van der Waals surface area contributed by atoms with E-state index in [0.29, 0.717) is 6.54 Å². The minimum atomic E-state index is 0.0955. The quantitative estimate of drug-likeness (QED) is 0.857. The lowest BCUT2D eigenvalue weighted by Gasteiger charge is -2.25. The van der Waals surface area contributed by atoms with Gasteiger partial charge in [0, 0.05) is 18.2 Å². The van der Waals surface area contributed by atoms with E-state index in [4.69, 9.17) is 9.47 Å². The van der Waals surface area contributed by atoms with Crippen LogP contribution >= 0.6 is 0 Å². The van der Waals surface area contributed by atoms with Gasteiger partial charge in [-0.25, -0.2) is 0 Å². The van der Waals surface area contributed by atoms with Crippen LogP contribution in [0.3, 0.4) is 0 Å². The molecular weight excluding hydrogens is 242 g/mol. The molecule has 4 heteroatoms. The fourth-order valence-electron chi connectivity index (χ4n) is 2.32. The Morgan fingerprint density at radius 1 is 1.32 bits per heavy atom. The molecule has 0 radical (unpaired) electrons. The zero-order chi connectivity index (χ0) is 13.9. The molecule has 1 heterocycles. The molecule has 0 saturated heterocycles. The summed E-state index contributed by atoms with van der Waals surface area (Å²) in [6.45, 7) is 7.63. The van der Waals surface area contributed by atoms with Crippen LogP contribution in [0.5, 0.6) is 11.5 Å². The van der Waals surface area contributed by atoms with E-state index in [9.17, 15) is 5.11 Å². The van der Waals surface area contributed by atoms with Crippen molar-refractivity contribution in [1.82, 2.24) is 5.32 Å². The summed E-state index contributed by atoms with van der Waals surface area (Å²) in [6.07, 6.45) is 0.926. The molecule has 0 fully saturated rings. The molecule has 4 nitrogen and oxygen atoms in total. The van der Waals surface area contributed by atoms with E-state index >= 15 is 0 Å². The van der Waals surface area contributed by atoms with Crippen molar-refractivity contribution in [1.29, 1.82) is 0 Å². The third-order valence-electron chi connectivity index (χ3n) is 3.14. The van der Waals surface area contributed by atoms with Crippen LogP contribution in [0.25, 0.3) is 0 Å². The molecule has 1 aromatic rings. The van der Waals surface area contributed by atoms with Gasteiger partial charge in [-0.05, 0) is 17.9 Å². The highest BCUT2D eigenvalue weighted by Gasteiger charge is 2.20. The van der Waals surface area contributed by atoms with E-state index in [1.165, 1.54) is 0 Å². The van der Waals surface area contributed by atoms with Crippen molar-refractivity contribution in [2.45, 2.75) is 39.8 Å². The predicted octanol–water partition coefficient (Wildman–Crippen LogP) is 2.30. The first-order chi connectivity index (χ1) is 8.99. The number of nitrogens with one attached hydrogen (secondary N) is 1. The third-order valence-corrected chi connectivity index (χ3v) is 3.14. The van der Waals surface area contributed by atoms with Crippen LogP contribution in [-0.2, 0) is 6.54 Å². The van der Waals surface area contributed by atoms with Gasteiger partial charge in [0.1, 0.15) is 0 Å². The Bertz CT molecular complexity index is 426. The second-order valence-corrected chi connectivity index (χ2v) is 6.18. The number of ether oxygens (including phenoxy) is 2. The summed E-state index contributed by atoms with van der Waals surface area (Å²) in [6, 6.07) is 5.98. The van der Waals surface area contributed by atoms with Crippen LogP contribution in [0.4, 0.5) is 0 Å². The number of aliphatic hydroxyl groups excluding tert-OH is 1. The SMILES string of the molecule is CC(C)(C)CC(CO)NCc1cccc2c1OCO2. The fourth-order valence-corrected chi connectivity index (χ4v) is 2.32. The van der Waals surface area contributed by atoms with Gasteiger partial charge in [0.15, 0.2) is 11.5 Å². The Balaban J connectivity index is 1.96. The molecule has 1 aliphatic rings. The molecule has 19 heavy (non-hydrogen) atoms. The maximum Gasteiger partial charge on any atom is 0.231 e. The summed E-state index contributed by atoms with van der Waals surface area (Å²) in [5.41, 5.74) is 1.26. The van der Waals surface area contributed by atoms with Gasteiger partial charge in [-0.15, -0.1) is 0 Å². The average molecular weight is 265 g/mol. The Kier molecular flexibility index (Phi) is 4.32. The van der Waals surface area contributed by atoms with Gasteiger partial charge in [0.05, 0.1) is 6.61 Å². The molecule has 0 aromatic heterocycles. The van der Waals surface area contributed by atoms with Gasteiger partial charge in [-0.2, -0.15) is 0 Å². The van der Waals surface area contributed by atoms with Gasteiger partial charge in [-0.3, -0.25) is 0 Å². The standard InChI is InChI=1S/C15H23NO3/c1-15(2,3)7-12(9-17)16-8-11-5-4-6-13-14(11)19-10-18-13/h4-6,12,16-17H,7-10H2,1-3H3. The number of benzene rings is 1. The van der Waals surface area contributed by atoms with Crippen molar-refractivity contribution in [3.05, 3.63) is 23.8 Å². The summed E-state index contributed by atoms with van der Waals surface area (Å²) in [5.74, 6) is 1.62. The first-order valence-electron chi connectivity index (χ1n) is 6.71. The highest BCUT2D eigenvalue weighted by molar-refractivity contribution is 5.48. The van der Waals surface area contributed by atoms with Crippen molar-refractivity contribution in [2.75, 3.05) is 13.4 Å². The molecule has 1 aliphatic heterocycles. The van der Waals surface area contributed by atoms with Gasteiger partial charge < -0.3 is 19.9 Å². The van der Waals surface area contributed by atoms with Crippen LogP contribution in [0.15, 0.2) is 18.2 Å². The van der Waals surface area contributed by atoms with E-state index in [1.807, 2.05) is 18.2 Å². The number of para-hydroxylation sites is 1. The topological polar surface area (TPSA) is 50.7 Å². The number of fused-ring (bicyclic) bond motifs is 1. The van der Waals surface area contributed by atoms with E-state index in [2.05, 4.69) is 26.1 Å². The number of rotatable bonds is 5. The molecular formula is C15H23NO3. The maximum absolute atomic E-state index is 9.44. The Hall–Kier alpha value is -1.26. The predicted molar refractivity (Wildman–Crippen MR) is 74.4 cm³/mol. The van der Waals surface area contributed by atoms with Gasteiger partial charge in [0.25, 0.3) is 0 Å². The molecule has 1 aromatic carbocycles. The minimum Gasteiger partial charge on any atom is -0.454 e. The van der Waals surface area contributed by atoms with E-state index < -0.39 is 0 Å². The highest BCUT2D eigenvalue weighted by Crippen LogP contribution is 2.35. The summed E-state index contributed by atoms with van der Waals surface area (Å²) in [5, 5.41) is 12.8. The molecule has 2 N–H and O–H groups in total. The number of hydrogen-bond acceptors (Lipinski definition) is 4. The van der Waals surface area contributed by atoms with Gasteiger partial charge >= 0.3 is 0 Å². The van der Waals surface area contributed by atoms with Crippen molar-refractivity contribution in [2.24, 2.45) is 5.41 Å². The summed E-state index contributed by atoms with van der Waals surface area (Å²) < 4.78 is 10.8. The molecule has 0 bridgehead atoms. The smallest absolute Gasteiger partial charge is 0.231 e. The monoisotopic (exact) mass is 265 g/mol. The van der Waals surface area contributed by atoms with Gasteiger partial charge in [-0.1, -0.05) is 32.9 Å². The van der Waals surface area contributed by atoms with E-state index in [1.54, 1.807) is 0 Å². The fraction of sp³-hybridized carbons (Fsp3) is 0.600. The molecule has 2 rings (SSSR count). The largest absolute Gasteiger partial charge is 0.454 e. The second-order valence-electron chi connectivity index (χ2n) is 6.18. The Morgan fingerprint density at radius 3 is 2.79 bits per heavy atom. The van der Waals surface area contributed by atoms with Crippen molar-refractivity contribution in [3.63, 3.8) is 0 Å². The van der Waals surface area contributed by atoms with Crippen LogP contribution in [0.1, 0.15) is 32.8 Å². The number of aliphatic hydroxyl groups is 1. The highest BCUT2D eigenvalue weighted by atomic mass is 16.7. The first-order valence-corrected chi connectivity index (χ1v) is 6.71. The normalized spacial score (nSPS) is 15.6. The Morgan fingerprint density at radius 2 is 2.11 bits per heavy atom. The van der Waals surface area contributed by atoms with E-state index in [-0.39, 0.29) is 24.9 Å². The summed E-state index contributed by atoms with van der Waals surface area (Å²) >= 11 is 0. The van der Waals surface area contributed by atoms with E-state index in [0.717, 1.165) is 23.5 Å². The van der Waals surface area contributed by atoms with Crippen molar-refractivity contribution in [3.8, 4) is 11.5 Å². The average Bonchev–Trinajstić information content (AvgIpc) is 2.81. The van der Waals surface area contributed by atoms with Crippen molar-refractivity contribution >= 4 is 0 Å². The molecule has 1 unspecified atom stereocenters. The summed E-state index contributed by atoms with van der Waals surface area (Å²) in [4.78, 5) is 0. The van der Waals surface area contributed by atoms with Crippen LogP contribution < -0.4 is 14.8 Å². The molecule has 0 saturated carbocycles. The molecule has 0 amide bonds. The lowest BCUT2D eigenvalue weighted by Crippen LogP contribution is -2.35. The third kappa shape index (κ3) is 3.85. The summed E-state index contributed by atoms with van der Waals surface area (Å²) in [7, 11) is 0. The maximum atomic E-state index is 9.44. The van der Waals surface area contributed by atoms with Crippen molar-refractivity contribution < 1.29 is 14.6 Å². The lowest BCUT2D eigenvalue weighted by molar-refractivity contribution is 0.172. The van der Waals surface area contributed by atoms with Crippen LogP contribution in [0.2, 0.25) is 0 Å². The second kappa shape index (κ2) is 5.80. The first kappa shape index (κ1) is 14.2. The number of hydrogen-bond donors (Lipinski definition) is 2. The molecule has 0 aliphatic carbocycles.